The maximum Gasteiger partial charge on any atom is 0.229 e. The van der Waals surface area contributed by atoms with Gasteiger partial charge in [0.05, 0.1) is 5.69 Å². The number of carbonyl (C=O) groups is 1. The fourth-order valence-electron chi connectivity index (χ4n) is 2.88. The standard InChI is InChI=1S/C17H18FN3OS/c18-13-3-1-2-11(8-13)9-21-7-6-14-15(10-21)23-17(19-14)20-16(22)12-4-5-12/h1-3,8,12H,4-7,9-10H2,(H,19,20,22). The molecule has 0 unspecified atom stereocenters. The van der Waals surface area contributed by atoms with Gasteiger partial charge in [-0.1, -0.05) is 12.1 Å². The lowest BCUT2D eigenvalue weighted by Crippen LogP contribution is -2.29. The average molecular weight is 331 g/mol. The van der Waals surface area contributed by atoms with Crippen LogP contribution in [0.3, 0.4) is 0 Å². The highest BCUT2D eigenvalue weighted by Crippen LogP contribution is 2.33. The molecular weight excluding hydrogens is 313 g/mol. The predicted octanol–water partition coefficient (Wildman–Crippen LogP) is 3.19. The second-order valence-electron chi connectivity index (χ2n) is 6.24. The Balaban J connectivity index is 1.42. The lowest BCUT2D eigenvalue weighted by molar-refractivity contribution is -0.117. The summed E-state index contributed by atoms with van der Waals surface area (Å²) in [6.07, 6.45) is 2.87. The molecule has 6 heteroatoms. The first-order valence-corrected chi connectivity index (χ1v) is 8.75. The van der Waals surface area contributed by atoms with E-state index in [0.717, 1.165) is 55.3 Å². The number of carbonyl (C=O) groups excluding carboxylic acids is 1. The lowest BCUT2D eigenvalue weighted by Gasteiger charge is -2.25. The highest BCUT2D eigenvalue weighted by atomic mass is 32.1. The molecule has 0 spiro atoms. The molecule has 0 radical (unpaired) electrons. The van der Waals surface area contributed by atoms with Crippen LogP contribution >= 0.6 is 11.3 Å². The SMILES string of the molecule is O=C(Nc1nc2c(s1)CN(Cc1cccc(F)c1)CC2)C1CC1. The van der Waals surface area contributed by atoms with Crippen LogP contribution in [0, 0.1) is 11.7 Å². The van der Waals surface area contributed by atoms with Gasteiger partial charge in [0.1, 0.15) is 5.82 Å². The van der Waals surface area contributed by atoms with Crippen molar-refractivity contribution in [1.82, 2.24) is 9.88 Å². The molecule has 2 aliphatic rings. The number of benzene rings is 1. The molecule has 0 saturated heterocycles. The number of hydrogen-bond donors (Lipinski definition) is 1. The molecule has 1 fully saturated rings. The maximum atomic E-state index is 13.3. The summed E-state index contributed by atoms with van der Waals surface area (Å²) in [5.41, 5.74) is 2.08. The van der Waals surface area contributed by atoms with Crippen LogP contribution in [-0.4, -0.2) is 22.3 Å². The maximum absolute atomic E-state index is 13.3. The van der Waals surface area contributed by atoms with Gasteiger partial charge in [0.15, 0.2) is 5.13 Å². The minimum absolute atomic E-state index is 0.104. The Kier molecular flexibility index (Phi) is 3.87. The lowest BCUT2D eigenvalue weighted by atomic mass is 10.1. The third-order valence-corrected chi connectivity index (χ3v) is 5.28. The van der Waals surface area contributed by atoms with E-state index in [4.69, 9.17) is 0 Å². The number of anilines is 1. The van der Waals surface area contributed by atoms with Gasteiger partial charge in [-0.2, -0.15) is 0 Å². The van der Waals surface area contributed by atoms with Crippen LogP contribution in [0.4, 0.5) is 9.52 Å². The van der Waals surface area contributed by atoms with Crippen LogP contribution in [0.15, 0.2) is 24.3 Å². The molecule has 1 N–H and O–H groups in total. The smallest absolute Gasteiger partial charge is 0.229 e. The van der Waals surface area contributed by atoms with Gasteiger partial charge in [-0.15, -0.1) is 11.3 Å². The number of hydrogen-bond acceptors (Lipinski definition) is 4. The first kappa shape index (κ1) is 14.8. The molecule has 1 saturated carbocycles. The van der Waals surface area contributed by atoms with Crippen molar-refractivity contribution < 1.29 is 9.18 Å². The zero-order chi connectivity index (χ0) is 15.8. The molecule has 1 aromatic carbocycles. The Morgan fingerprint density at radius 2 is 2.30 bits per heavy atom. The highest BCUT2D eigenvalue weighted by Gasteiger charge is 2.30. The second-order valence-corrected chi connectivity index (χ2v) is 7.33. The summed E-state index contributed by atoms with van der Waals surface area (Å²) in [4.78, 5) is 19.9. The number of nitrogens with one attached hydrogen (secondary N) is 1. The van der Waals surface area contributed by atoms with Gasteiger partial charge in [0, 0.05) is 36.9 Å². The van der Waals surface area contributed by atoms with Gasteiger partial charge in [-0.25, -0.2) is 9.37 Å². The summed E-state index contributed by atoms with van der Waals surface area (Å²) in [6, 6.07) is 6.75. The summed E-state index contributed by atoms with van der Waals surface area (Å²) < 4.78 is 13.3. The Bertz CT molecular complexity index is 741. The van der Waals surface area contributed by atoms with E-state index in [0.29, 0.717) is 0 Å². The first-order chi connectivity index (χ1) is 11.2. The fourth-order valence-corrected chi connectivity index (χ4v) is 3.94. The van der Waals surface area contributed by atoms with Crippen molar-refractivity contribution in [3.8, 4) is 0 Å². The summed E-state index contributed by atoms with van der Waals surface area (Å²) in [5, 5.41) is 3.66. The molecule has 1 amide bonds. The van der Waals surface area contributed by atoms with E-state index in [1.54, 1.807) is 23.5 Å². The topological polar surface area (TPSA) is 45.2 Å². The number of amides is 1. The minimum atomic E-state index is -0.192. The monoisotopic (exact) mass is 331 g/mol. The summed E-state index contributed by atoms with van der Waals surface area (Å²) >= 11 is 1.57. The molecule has 4 nitrogen and oxygen atoms in total. The Labute approximate surface area is 138 Å². The molecule has 1 aromatic heterocycles. The largest absolute Gasteiger partial charge is 0.302 e. The zero-order valence-corrected chi connectivity index (χ0v) is 13.5. The molecular formula is C17H18FN3OS. The first-order valence-electron chi connectivity index (χ1n) is 7.93. The van der Waals surface area contributed by atoms with E-state index in [1.807, 2.05) is 6.07 Å². The zero-order valence-electron chi connectivity index (χ0n) is 12.7. The molecule has 1 aliphatic heterocycles. The molecule has 1 aliphatic carbocycles. The van der Waals surface area contributed by atoms with E-state index in [9.17, 15) is 9.18 Å². The molecule has 2 heterocycles. The van der Waals surface area contributed by atoms with Crippen LogP contribution in [0.25, 0.3) is 0 Å². The highest BCUT2D eigenvalue weighted by molar-refractivity contribution is 7.15. The fraction of sp³-hybridized carbons (Fsp3) is 0.412. The van der Waals surface area contributed by atoms with Crippen molar-refractivity contribution >= 4 is 22.4 Å². The average Bonchev–Trinajstić information content (AvgIpc) is 3.29. The van der Waals surface area contributed by atoms with Crippen LogP contribution in [0.5, 0.6) is 0 Å². The van der Waals surface area contributed by atoms with Crippen molar-refractivity contribution in [2.75, 3.05) is 11.9 Å². The van der Waals surface area contributed by atoms with Gasteiger partial charge in [0.25, 0.3) is 0 Å². The predicted molar refractivity (Wildman–Crippen MR) is 87.7 cm³/mol. The van der Waals surface area contributed by atoms with Crippen molar-refractivity contribution in [1.29, 1.82) is 0 Å². The van der Waals surface area contributed by atoms with Crippen molar-refractivity contribution in [3.05, 3.63) is 46.2 Å². The molecule has 2 aromatic rings. The minimum Gasteiger partial charge on any atom is -0.302 e. The normalized spacial score (nSPS) is 17.8. The van der Waals surface area contributed by atoms with Gasteiger partial charge >= 0.3 is 0 Å². The summed E-state index contributed by atoms with van der Waals surface area (Å²) in [6.45, 7) is 2.45. The van der Waals surface area contributed by atoms with Gasteiger partial charge in [-0.3, -0.25) is 9.69 Å². The van der Waals surface area contributed by atoms with Crippen LogP contribution in [0.2, 0.25) is 0 Å². The summed E-state index contributed by atoms with van der Waals surface area (Å²) in [7, 11) is 0. The Morgan fingerprint density at radius 3 is 3.09 bits per heavy atom. The third-order valence-electron chi connectivity index (χ3n) is 4.28. The number of nitrogens with zero attached hydrogens (tertiary/aromatic N) is 2. The van der Waals surface area contributed by atoms with Crippen LogP contribution in [-0.2, 0) is 24.3 Å². The van der Waals surface area contributed by atoms with E-state index < -0.39 is 0 Å². The van der Waals surface area contributed by atoms with E-state index in [-0.39, 0.29) is 17.6 Å². The van der Waals surface area contributed by atoms with Gasteiger partial charge < -0.3 is 5.32 Å². The Hall–Kier alpha value is -1.79. The van der Waals surface area contributed by atoms with Crippen LogP contribution < -0.4 is 5.32 Å². The van der Waals surface area contributed by atoms with E-state index >= 15 is 0 Å². The number of thiazole rings is 1. The molecule has 4 rings (SSSR count). The molecule has 120 valence electrons. The van der Waals surface area contributed by atoms with Crippen molar-refractivity contribution in [2.45, 2.75) is 32.4 Å². The van der Waals surface area contributed by atoms with E-state index in [1.165, 1.54) is 10.9 Å². The Morgan fingerprint density at radius 1 is 1.43 bits per heavy atom. The van der Waals surface area contributed by atoms with Crippen molar-refractivity contribution in [3.63, 3.8) is 0 Å². The van der Waals surface area contributed by atoms with Crippen LogP contribution in [0.1, 0.15) is 29.0 Å². The molecule has 23 heavy (non-hydrogen) atoms. The number of halogens is 1. The molecule has 0 atom stereocenters. The van der Waals surface area contributed by atoms with Gasteiger partial charge in [0.2, 0.25) is 5.91 Å². The number of fused-ring (bicyclic) bond motifs is 1. The second kappa shape index (κ2) is 6.02. The third kappa shape index (κ3) is 3.43. The van der Waals surface area contributed by atoms with Gasteiger partial charge in [-0.05, 0) is 30.5 Å². The quantitative estimate of drug-likeness (QED) is 0.936. The van der Waals surface area contributed by atoms with Crippen molar-refractivity contribution in [2.24, 2.45) is 5.92 Å². The van der Waals surface area contributed by atoms with E-state index in [2.05, 4.69) is 15.2 Å². The summed E-state index contributed by atoms with van der Waals surface area (Å²) in [5.74, 6) is 0.108. The number of aromatic nitrogens is 1. The number of rotatable bonds is 4. The molecule has 0 bridgehead atoms.